The van der Waals surface area contributed by atoms with Gasteiger partial charge in [-0.3, -0.25) is 9.69 Å². The van der Waals surface area contributed by atoms with E-state index in [0.29, 0.717) is 26.1 Å². The van der Waals surface area contributed by atoms with E-state index in [1.807, 2.05) is 55.5 Å². The second-order valence-electron chi connectivity index (χ2n) is 9.51. The zero-order chi connectivity index (χ0) is 25.7. The van der Waals surface area contributed by atoms with E-state index in [-0.39, 0.29) is 0 Å². The first-order valence-electron chi connectivity index (χ1n) is 12.0. The largest absolute Gasteiger partial charge is 0.480 e. The topological polar surface area (TPSA) is 79.7 Å². The lowest BCUT2D eigenvalue weighted by Crippen LogP contribution is -2.26. The zero-order valence-electron chi connectivity index (χ0n) is 21.2. The zero-order valence-corrected chi connectivity index (χ0v) is 22.0. The summed E-state index contributed by atoms with van der Waals surface area (Å²) in [7, 11) is 0. The molecule has 0 aliphatic rings. The maximum atomic E-state index is 11.5. The third kappa shape index (κ3) is 6.68. The molecular weight excluding hydrogens is 472 g/mol. The van der Waals surface area contributed by atoms with E-state index >= 15 is 0 Å². The average Bonchev–Trinajstić information content (AvgIpc) is 3.46. The Morgan fingerprint density at radius 2 is 1.75 bits per heavy atom. The molecule has 0 aliphatic carbocycles. The van der Waals surface area contributed by atoms with E-state index in [1.54, 1.807) is 20.1 Å². The molecule has 0 amide bonds. The first kappa shape index (κ1) is 25.8. The van der Waals surface area contributed by atoms with Crippen LogP contribution in [0.15, 0.2) is 80.7 Å². The normalized spacial score (nSPS) is 11.8. The van der Waals surface area contributed by atoms with E-state index in [2.05, 4.69) is 24.0 Å². The molecule has 2 heterocycles. The van der Waals surface area contributed by atoms with Crippen molar-refractivity contribution in [3.63, 3.8) is 0 Å². The van der Waals surface area contributed by atoms with Gasteiger partial charge in [0.05, 0.1) is 25.0 Å². The fourth-order valence-electron chi connectivity index (χ4n) is 3.94. The number of oxazole rings is 1. The standard InChI is InChI=1S/C29H32N2O4S/c1-20-8-5-6-9-23(20)16-27-30-21(2)26(35-27)19-31(18-24-10-7-15-34-24)17-22-11-13-25(14-12-22)36-29(3,4)28(32)33/h5-15H,16-19H2,1-4H3,(H,32,33). The van der Waals surface area contributed by atoms with Gasteiger partial charge in [-0.05, 0) is 68.7 Å². The van der Waals surface area contributed by atoms with Gasteiger partial charge in [0.15, 0.2) is 5.89 Å². The number of benzene rings is 2. The van der Waals surface area contributed by atoms with Crippen molar-refractivity contribution in [1.82, 2.24) is 9.88 Å². The van der Waals surface area contributed by atoms with Gasteiger partial charge in [0.1, 0.15) is 16.3 Å². The van der Waals surface area contributed by atoms with Crippen LogP contribution in [0.2, 0.25) is 0 Å². The number of hydrogen-bond acceptors (Lipinski definition) is 6. The van der Waals surface area contributed by atoms with Crippen molar-refractivity contribution < 1.29 is 18.7 Å². The maximum Gasteiger partial charge on any atom is 0.319 e. The van der Waals surface area contributed by atoms with Crippen molar-refractivity contribution in [3.8, 4) is 0 Å². The van der Waals surface area contributed by atoms with E-state index in [1.165, 1.54) is 22.9 Å². The second-order valence-corrected chi connectivity index (χ2v) is 11.2. The van der Waals surface area contributed by atoms with Crippen LogP contribution in [0.1, 0.15) is 53.6 Å². The summed E-state index contributed by atoms with van der Waals surface area (Å²) in [6.07, 6.45) is 2.35. The predicted octanol–water partition coefficient (Wildman–Crippen LogP) is 6.63. The fraction of sp³-hybridized carbons (Fsp3) is 0.310. The molecule has 4 rings (SSSR count). The van der Waals surface area contributed by atoms with Crippen LogP contribution >= 0.6 is 11.8 Å². The summed E-state index contributed by atoms with van der Waals surface area (Å²) in [5.41, 5.74) is 4.45. The Morgan fingerprint density at radius 1 is 1.00 bits per heavy atom. The molecule has 7 heteroatoms. The van der Waals surface area contributed by atoms with Crippen LogP contribution in [0.4, 0.5) is 0 Å². The number of carbonyl (C=O) groups is 1. The van der Waals surface area contributed by atoms with Crippen LogP contribution in [-0.2, 0) is 30.8 Å². The number of aromatic nitrogens is 1. The maximum absolute atomic E-state index is 11.5. The first-order valence-corrected chi connectivity index (χ1v) is 12.8. The Balaban J connectivity index is 1.49. The van der Waals surface area contributed by atoms with Gasteiger partial charge in [0.25, 0.3) is 0 Å². The highest BCUT2D eigenvalue weighted by molar-refractivity contribution is 8.01. The van der Waals surface area contributed by atoms with Gasteiger partial charge in [-0.25, -0.2) is 4.98 Å². The summed E-state index contributed by atoms with van der Waals surface area (Å²) in [5, 5.41) is 9.41. The van der Waals surface area contributed by atoms with Gasteiger partial charge < -0.3 is 13.9 Å². The smallest absolute Gasteiger partial charge is 0.319 e. The molecule has 0 atom stereocenters. The summed E-state index contributed by atoms with van der Waals surface area (Å²) >= 11 is 1.34. The van der Waals surface area contributed by atoms with Crippen LogP contribution in [0, 0.1) is 13.8 Å². The Morgan fingerprint density at radius 3 is 2.42 bits per heavy atom. The fourth-order valence-corrected chi connectivity index (χ4v) is 4.88. The summed E-state index contributed by atoms with van der Waals surface area (Å²) < 4.78 is 10.9. The van der Waals surface area contributed by atoms with Gasteiger partial charge >= 0.3 is 5.97 Å². The van der Waals surface area contributed by atoms with Crippen LogP contribution in [0.3, 0.4) is 0 Å². The van der Waals surface area contributed by atoms with Crippen molar-refractivity contribution in [3.05, 3.63) is 107 Å². The molecule has 0 radical (unpaired) electrons. The Hall–Kier alpha value is -3.29. The van der Waals surface area contributed by atoms with Crippen LogP contribution in [0.5, 0.6) is 0 Å². The first-order chi connectivity index (χ1) is 17.2. The minimum Gasteiger partial charge on any atom is -0.480 e. The molecule has 2 aromatic carbocycles. The molecule has 0 bridgehead atoms. The summed E-state index contributed by atoms with van der Waals surface area (Å²) in [6, 6.07) is 20.2. The quantitative estimate of drug-likeness (QED) is 0.230. The van der Waals surface area contributed by atoms with Crippen LogP contribution < -0.4 is 0 Å². The monoisotopic (exact) mass is 504 g/mol. The predicted molar refractivity (Wildman–Crippen MR) is 141 cm³/mol. The van der Waals surface area contributed by atoms with Gasteiger partial charge in [-0.15, -0.1) is 11.8 Å². The highest BCUT2D eigenvalue weighted by Gasteiger charge is 2.28. The minimum absolute atomic E-state index is 0.593. The van der Waals surface area contributed by atoms with E-state index in [0.717, 1.165) is 33.6 Å². The number of nitrogens with zero attached hydrogens (tertiary/aromatic N) is 2. The summed E-state index contributed by atoms with van der Waals surface area (Å²) in [6.45, 7) is 9.42. The van der Waals surface area contributed by atoms with Crippen molar-refractivity contribution >= 4 is 17.7 Å². The lowest BCUT2D eigenvalue weighted by Gasteiger charge is -2.21. The Kier molecular flexibility index (Phi) is 8.01. The molecule has 0 aliphatic heterocycles. The van der Waals surface area contributed by atoms with Crippen molar-refractivity contribution in [2.45, 2.75) is 63.4 Å². The van der Waals surface area contributed by atoms with E-state index < -0.39 is 10.7 Å². The molecule has 188 valence electrons. The van der Waals surface area contributed by atoms with Crippen LogP contribution in [-0.4, -0.2) is 25.7 Å². The van der Waals surface area contributed by atoms with Crippen LogP contribution in [0.25, 0.3) is 0 Å². The van der Waals surface area contributed by atoms with Gasteiger partial charge in [-0.1, -0.05) is 36.4 Å². The number of hydrogen-bond donors (Lipinski definition) is 1. The van der Waals surface area contributed by atoms with Gasteiger partial charge in [-0.2, -0.15) is 0 Å². The highest BCUT2D eigenvalue weighted by atomic mass is 32.2. The number of furan rings is 1. The third-order valence-corrected chi connectivity index (χ3v) is 7.28. The molecule has 0 fully saturated rings. The molecule has 0 saturated heterocycles. The number of aryl methyl sites for hydroxylation is 2. The minimum atomic E-state index is -0.882. The van der Waals surface area contributed by atoms with E-state index in [9.17, 15) is 9.90 Å². The number of rotatable bonds is 11. The molecule has 6 nitrogen and oxygen atoms in total. The molecule has 2 aromatic heterocycles. The summed E-state index contributed by atoms with van der Waals surface area (Å²) in [5.74, 6) is 1.62. The lowest BCUT2D eigenvalue weighted by molar-refractivity contribution is -0.138. The van der Waals surface area contributed by atoms with E-state index in [4.69, 9.17) is 13.8 Å². The molecule has 1 N–H and O–H groups in total. The van der Waals surface area contributed by atoms with Gasteiger partial charge in [0.2, 0.25) is 0 Å². The van der Waals surface area contributed by atoms with Crippen molar-refractivity contribution in [2.75, 3.05) is 0 Å². The Labute approximate surface area is 216 Å². The highest BCUT2D eigenvalue weighted by Crippen LogP contribution is 2.33. The molecule has 0 spiro atoms. The number of carboxylic acid groups (broad SMARTS) is 1. The number of carboxylic acids is 1. The molecule has 0 unspecified atom stereocenters. The SMILES string of the molecule is Cc1ccccc1Cc1nc(C)c(CN(Cc2ccc(SC(C)(C)C(=O)O)cc2)Cc2ccco2)o1. The molecular formula is C29H32N2O4S. The molecule has 0 saturated carbocycles. The number of thioether (sulfide) groups is 1. The number of aliphatic carboxylic acids is 1. The third-order valence-electron chi connectivity index (χ3n) is 6.08. The second kappa shape index (κ2) is 11.2. The van der Waals surface area contributed by atoms with Crippen molar-refractivity contribution in [1.29, 1.82) is 0 Å². The Bertz CT molecular complexity index is 1290. The average molecular weight is 505 g/mol. The lowest BCUT2D eigenvalue weighted by atomic mass is 10.1. The van der Waals surface area contributed by atoms with Crippen molar-refractivity contribution in [2.24, 2.45) is 0 Å². The van der Waals surface area contributed by atoms with Gasteiger partial charge in [0, 0.05) is 17.9 Å². The molecule has 36 heavy (non-hydrogen) atoms. The summed E-state index contributed by atoms with van der Waals surface area (Å²) in [4.78, 5) is 19.3. The molecule has 4 aromatic rings.